The molecule has 1 aromatic carbocycles. The number of urea groups is 1. The van der Waals surface area contributed by atoms with Gasteiger partial charge in [-0.2, -0.15) is 0 Å². The summed E-state index contributed by atoms with van der Waals surface area (Å²) in [6.45, 7) is 2.19. The minimum atomic E-state index is -1.02. The van der Waals surface area contributed by atoms with Crippen molar-refractivity contribution in [2.45, 2.75) is 32.4 Å². The Kier molecular flexibility index (Phi) is 6.15. The molecule has 0 heterocycles. The van der Waals surface area contributed by atoms with Crippen molar-refractivity contribution < 1.29 is 14.7 Å². The molecule has 0 fully saturated rings. The highest BCUT2D eigenvalue weighted by molar-refractivity contribution is 6.30. The van der Waals surface area contributed by atoms with Gasteiger partial charge in [0.2, 0.25) is 0 Å². The van der Waals surface area contributed by atoms with E-state index in [2.05, 4.69) is 10.6 Å². The van der Waals surface area contributed by atoms with Crippen LogP contribution in [-0.2, 0) is 11.3 Å². The van der Waals surface area contributed by atoms with E-state index in [1.165, 1.54) is 0 Å². The van der Waals surface area contributed by atoms with Crippen LogP contribution in [0.5, 0.6) is 0 Å². The Labute approximate surface area is 117 Å². The zero-order valence-electron chi connectivity index (χ0n) is 10.6. The number of carboxylic acid groups (broad SMARTS) is 1. The van der Waals surface area contributed by atoms with Crippen molar-refractivity contribution in [1.29, 1.82) is 0 Å². The van der Waals surface area contributed by atoms with Gasteiger partial charge in [-0.15, -0.1) is 0 Å². The number of carboxylic acids is 1. The monoisotopic (exact) mass is 284 g/mol. The highest BCUT2D eigenvalue weighted by Crippen LogP contribution is 2.09. The molecule has 1 rings (SSSR count). The van der Waals surface area contributed by atoms with Crippen molar-refractivity contribution in [1.82, 2.24) is 10.6 Å². The van der Waals surface area contributed by atoms with E-state index in [9.17, 15) is 9.59 Å². The van der Waals surface area contributed by atoms with Crippen molar-refractivity contribution in [3.8, 4) is 0 Å². The molecule has 0 aromatic heterocycles. The number of halogens is 1. The van der Waals surface area contributed by atoms with Crippen LogP contribution < -0.4 is 10.6 Å². The maximum atomic E-state index is 11.6. The first-order valence-corrected chi connectivity index (χ1v) is 6.42. The molecule has 0 bridgehead atoms. The number of rotatable bonds is 6. The first kappa shape index (κ1) is 15.3. The molecule has 0 aliphatic heterocycles. The zero-order valence-corrected chi connectivity index (χ0v) is 11.4. The van der Waals surface area contributed by atoms with E-state index in [0.717, 1.165) is 5.56 Å². The Bertz CT molecular complexity index is 434. The summed E-state index contributed by atoms with van der Waals surface area (Å²) in [7, 11) is 0. The molecule has 0 saturated carbocycles. The Balaban J connectivity index is 2.42. The molecular weight excluding hydrogens is 268 g/mol. The van der Waals surface area contributed by atoms with Crippen molar-refractivity contribution in [2.75, 3.05) is 0 Å². The molecule has 5 nitrogen and oxygen atoms in total. The minimum Gasteiger partial charge on any atom is -0.480 e. The highest BCUT2D eigenvalue weighted by Gasteiger charge is 2.18. The summed E-state index contributed by atoms with van der Waals surface area (Å²) in [5.41, 5.74) is 0.891. The van der Waals surface area contributed by atoms with E-state index in [1.54, 1.807) is 24.3 Å². The van der Waals surface area contributed by atoms with Crippen molar-refractivity contribution in [3.63, 3.8) is 0 Å². The molecule has 19 heavy (non-hydrogen) atoms. The predicted molar refractivity (Wildman–Crippen MR) is 73.2 cm³/mol. The van der Waals surface area contributed by atoms with Crippen LogP contribution in [0.4, 0.5) is 4.79 Å². The lowest BCUT2D eigenvalue weighted by atomic mass is 10.2. The summed E-state index contributed by atoms with van der Waals surface area (Å²) < 4.78 is 0. The van der Waals surface area contributed by atoms with Gasteiger partial charge >= 0.3 is 12.0 Å². The second kappa shape index (κ2) is 7.63. The molecular formula is C13H17ClN2O3. The van der Waals surface area contributed by atoms with Crippen LogP contribution in [0.1, 0.15) is 25.3 Å². The van der Waals surface area contributed by atoms with Gasteiger partial charge in [-0.25, -0.2) is 9.59 Å². The number of aliphatic carboxylic acids is 1. The predicted octanol–water partition coefficient (Wildman–Crippen LogP) is 2.39. The number of hydrogen-bond acceptors (Lipinski definition) is 2. The Morgan fingerprint density at radius 2 is 1.95 bits per heavy atom. The van der Waals surface area contributed by atoms with Gasteiger partial charge in [0.15, 0.2) is 0 Å². The lowest BCUT2D eigenvalue weighted by molar-refractivity contribution is -0.139. The molecule has 2 amide bonds. The molecule has 1 aromatic rings. The van der Waals surface area contributed by atoms with E-state index in [-0.39, 0.29) is 0 Å². The van der Waals surface area contributed by atoms with Crippen LogP contribution in [0.15, 0.2) is 24.3 Å². The molecule has 0 aliphatic carbocycles. The molecule has 3 N–H and O–H groups in total. The quantitative estimate of drug-likeness (QED) is 0.750. The molecule has 6 heteroatoms. The highest BCUT2D eigenvalue weighted by atomic mass is 35.5. The first-order chi connectivity index (χ1) is 9.02. The van der Waals surface area contributed by atoms with E-state index < -0.39 is 18.0 Å². The number of amides is 2. The zero-order chi connectivity index (χ0) is 14.3. The van der Waals surface area contributed by atoms with Gasteiger partial charge in [0, 0.05) is 11.6 Å². The van der Waals surface area contributed by atoms with Crippen molar-refractivity contribution in [2.24, 2.45) is 0 Å². The fourth-order valence-corrected chi connectivity index (χ4v) is 1.67. The van der Waals surface area contributed by atoms with Gasteiger partial charge in [-0.1, -0.05) is 37.1 Å². The van der Waals surface area contributed by atoms with Gasteiger partial charge in [-0.05, 0) is 24.1 Å². The van der Waals surface area contributed by atoms with Crippen LogP contribution in [0.3, 0.4) is 0 Å². The Morgan fingerprint density at radius 3 is 2.47 bits per heavy atom. The van der Waals surface area contributed by atoms with Crippen molar-refractivity contribution >= 4 is 23.6 Å². The third kappa shape index (κ3) is 5.61. The summed E-state index contributed by atoms with van der Waals surface area (Å²) in [5, 5.41) is 14.6. The molecule has 1 atom stereocenters. The fourth-order valence-electron chi connectivity index (χ4n) is 1.54. The summed E-state index contributed by atoms with van der Waals surface area (Å²) in [5.74, 6) is -1.02. The summed E-state index contributed by atoms with van der Waals surface area (Å²) in [4.78, 5) is 22.4. The standard InChI is InChI=1S/C13H17ClN2O3/c1-2-3-11(12(17)18)16-13(19)15-8-9-4-6-10(14)7-5-9/h4-7,11H,2-3,8H2,1H3,(H,17,18)(H2,15,16,19). The number of hydrogen-bond donors (Lipinski definition) is 3. The van der Waals surface area contributed by atoms with E-state index in [1.807, 2.05) is 6.92 Å². The van der Waals surface area contributed by atoms with Crippen molar-refractivity contribution in [3.05, 3.63) is 34.9 Å². The van der Waals surface area contributed by atoms with Gasteiger partial charge in [0.05, 0.1) is 0 Å². The lowest BCUT2D eigenvalue weighted by Gasteiger charge is -2.14. The Morgan fingerprint density at radius 1 is 1.32 bits per heavy atom. The fraction of sp³-hybridized carbons (Fsp3) is 0.385. The maximum absolute atomic E-state index is 11.6. The number of carbonyl (C=O) groups is 2. The van der Waals surface area contributed by atoms with Crippen LogP contribution in [-0.4, -0.2) is 23.1 Å². The molecule has 0 aliphatic rings. The molecule has 104 valence electrons. The largest absolute Gasteiger partial charge is 0.480 e. The van der Waals surface area contributed by atoms with Gasteiger partial charge in [-0.3, -0.25) is 0 Å². The third-order valence-corrected chi connectivity index (χ3v) is 2.80. The second-order valence-electron chi connectivity index (χ2n) is 4.13. The summed E-state index contributed by atoms with van der Waals surface area (Å²) in [6.07, 6.45) is 1.10. The smallest absolute Gasteiger partial charge is 0.326 e. The molecule has 0 spiro atoms. The van der Waals surface area contributed by atoms with Gasteiger partial charge < -0.3 is 15.7 Å². The molecule has 1 unspecified atom stereocenters. The number of benzene rings is 1. The van der Waals surface area contributed by atoms with Crippen LogP contribution in [0.25, 0.3) is 0 Å². The lowest BCUT2D eigenvalue weighted by Crippen LogP contribution is -2.45. The number of nitrogens with one attached hydrogen (secondary N) is 2. The average molecular weight is 285 g/mol. The topological polar surface area (TPSA) is 78.4 Å². The first-order valence-electron chi connectivity index (χ1n) is 6.04. The molecule has 0 saturated heterocycles. The van der Waals surface area contributed by atoms with Gasteiger partial charge in [0.1, 0.15) is 6.04 Å². The normalized spacial score (nSPS) is 11.7. The van der Waals surface area contributed by atoms with E-state index in [0.29, 0.717) is 24.4 Å². The third-order valence-electron chi connectivity index (χ3n) is 2.55. The summed E-state index contributed by atoms with van der Waals surface area (Å²) >= 11 is 5.75. The van der Waals surface area contributed by atoms with Gasteiger partial charge in [0.25, 0.3) is 0 Å². The van der Waals surface area contributed by atoms with Crippen LogP contribution in [0, 0.1) is 0 Å². The van der Waals surface area contributed by atoms with E-state index in [4.69, 9.17) is 16.7 Å². The SMILES string of the molecule is CCCC(NC(=O)NCc1ccc(Cl)cc1)C(=O)O. The van der Waals surface area contributed by atoms with Crippen LogP contribution in [0.2, 0.25) is 5.02 Å². The molecule has 0 radical (unpaired) electrons. The summed E-state index contributed by atoms with van der Waals surface area (Å²) in [6, 6.07) is 5.71. The second-order valence-corrected chi connectivity index (χ2v) is 4.57. The van der Waals surface area contributed by atoms with E-state index >= 15 is 0 Å². The number of carbonyl (C=O) groups excluding carboxylic acids is 1. The average Bonchev–Trinajstić information content (AvgIpc) is 2.37. The Hall–Kier alpha value is -1.75. The van der Waals surface area contributed by atoms with Crippen LogP contribution >= 0.6 is 11.6 Å². The minimum absolute atomic E-state index is 0.321. The maximum Gasteiger partial charge on any atom is 0.326 e.